The van der Waals surface area contributed by atoms with Crippen molar-refractivity contribution in [2.75, 3.05) is 12.4 Å². The Kier molecular flexibility index (Phi) is 4.17. The topological polar surface area (TPSA) is 20.3 Å². The molecule has 1 aromatic rings. The Morgan fingerprint density at radius 3 is 3.00 bits per heavy atom. The second-order valence-electron chi connectivity index (χ2n) is 5.59. The normalized spacial score (nSPS) is 19.4. The van der Waals surface area contributed by atoms with Crippen molar-refractivity contribution in [2.24, 2.45) is 0 Å². The van der Waals surface area contributed by atoms with Crippen LogP contribution >= 0.6 is 27.3 Å². The fourth-order valence-electron chi connectivity index (χ4n) is 2.36. The number of amides is 1. The van der Waals surface area contributed by atoms with E-state index in [0.717, 1.165) is 24.6 Å². The molecule has 1 aliphatic carbocycles. The van der Waals surface area contributed by atoms with Crippen LogP contribution < -0.4 is 0 Å². The molecule has 4 heteroatoms. The zero-order valence-electron chi connectivity index (χ0n) is 11.2. The number of aryl methyl sites for hydroxylation is 1. The Morgan fingerprint density at radius 1 is 1.61 bits per heavy atom. The van der Waals surface area contributed by atoms with Crippen molar-refractivity contribution in [3.8, 4) is 0 Å². The van der Waals surface area contributed by atoms with Crippen molar-refractivity contribution in [1.29, 1.82) is 0 Å². The number of thiophene rings is 1. The molecule has 1 heterocycles. The Balaban J connectivity index is 2.22. The number of carbonyl (C=O) groups excluding carboxylic acids is 1. The first-order chi connectivity index (χ1) is 8.47. The van der Waals surface area contributed by atoms with Gasteiger partial charge in [0.15, 0.2) is 0 Å². The summed E-state index contributed by atoms with van der Waals surface area (Å²) in [5.74, 6) is 0.335. The van der Waals surface area contributed by atoms with E-state index in [1.54, 1.807) is 11.3 Å². The van der Waals surface area contributed by atoms with Gasteiger partial charge < -0.3 is 4.90 Å². The molecule has 0 aliphatic heterocycles. The summed E-state index contributed by atoms with van der Waals surface area (Å²) in [5, 5.41) is 2.91. The first kappa shape index (κ1) is 14.1. The fraction of sp³-hybridized carbons (Fsp3) is 0.643. The van der Waals surface area contributed by atoms with E-state index in [1.807, 2.05) is 11.9 Å². The van der Waals surface area contributed by atoms with Gasteiger partial charge in [-0.05, 0) is 50.1 Å². The summed E-state index contributed by atoms with van der Waals surface area (Å²) in [6, 6.07) is 2.14. The van der Waals surface area contributed by atoms with Crippen molar-refractivity contribution in [3.05, 3.63) is 21.9 Å². The van der Waals surface area contributed by atoms with Gasteiger partial charge in [-0.15, -0.1) is 11.3 Å². The molecule has 100 valence electrons. The SMILES string of the molecule is CN(C(=O)C1CCCc2sccc21)C(C)(C)CBr. The van der Waals surface area contributed by atoms with Crippen molar-refractivity contribution in [3.63, 3.8) is 0 Å². The largest absolute Gasteiger partial charge is 0.339 e. The van der Waals surface area contributed by atoms with Gasteiger partial charge in [-0.3, -0.25) is 4.79 Å². The van der Waals surface area contributed by atoms with Crippen LogP contribution in [0.3, 0.4) is 0 Å². The first-order valence-corrected chi connectivity index (χ1v) is 8.37. The van der Waals surface area contributed by atoms with Crippen LogP contribution in [-0.2, 0) is 11.2 Å². The zero-order chi connectivity index (χ0) is 13.3. The van der Waals surface area contributed by atoms with Gasteiger partial charge in [0.25, 0.3) is 0 Å². The van der Waals surface area contributed by atoms with Gasteiger partial charge in [0.1, 0.15) is 0 Å². The van der Waals surface area contributed by atoms with E-state index in [0.29, 0.717) is 0 Å². The fourth-order valence-corrected chi connectivity index (χ4v) is 3.73. The number of fused-ring (bicyclic) bond motifs is 1. The van der Waals surface area contributed by atoms with Crippen LogP contribution in [0.5, 0.6) is 0 Å². The summed E-state index contributed by atoms with van der Waals surface area (Å²) in [4.78, 5) is 16.0. The summed E-state index contributed by atoms with van der Waals surface area (Å²) in [6.07, 6.45) is 3.26. The summed E-state index contributed by atoms with van der Waals surface area (Å²) in [6.45, 7) is 4.19. The van der Waals surface area contributed by atoms with Crippen molar-refractivity contribution in [2.45, 2.75) is 44.6 Å². The molecule has 2 rings (SSSR count). The van der Waals surface area contributed by atoms with Crippen LogP contribution in [0.25, 0.3) is 0 Å². The number of rotatable bonds is 3. The minimum absolute atomic E-state index is 0.0725. The zero-order valence-corrected chi connectivity index (χ0v) is 13.6. The second kappa shape index (κ2) is 5.33. The van der Waals surface area contributed by atoms with E-state index in [2.05, 4.69) is 41.2 Å². The van der Waals surface area contributed by atoms with E-state index in [1.165, 1.54) is 10.4 Å². The molecule has 0 saturated heterocycles. The third kappa shape index (κ3) is 2.50. The standard InChI is InChI=1S/C14H20BrNOS/c1-14(2,9-15)16(3)13(17)11-5-4-6-12-10(11)7-8-18-12/h7-8,11H,4-6,9H2,1-3H3. The van der Waals surface area contributed by atoms with Crippen LogP contribution in [0.1, 0.15) is 43.0 Å². The highest BCUT2D eigenvalue weighted by molar-refractivity contribution is 9.09. The minimum atomic E-state index is -0.134. The summed E-state index contributed by atoms with van der Waals surface area (Å²) >= 11 is 5.29. The van der Waals surface area contributed by atoms with Gasteiger partial charge in [0.05, 0.1) is 5.92 Å². The molecule has 0 radical (unpaired) electrons. The molecule has 0 aromatic carbocycles. The van der Waals surface area contributed by atoms with E-state index >= 15 is 0 Å². The molecule has 18 heavy (non-hydrogen) atoms. The number of hydrogen-bond donors (Lipinski definition) is 0. The molecule has 2 nitrogen and oxygen atoms in total. The molecule has 0 N–H and O–H groups in total. The molecule has 0 saturated carbocycles. The van der Waals surface area contributed by atoms with Gasteiger partial charge >= 0.3 is 0 Å². The van der Waals surface area contributed by atoms with Gasteiger partial charge in [-0.25, -0.2) is 0 Å². The number of likely N-dealkylation sites (N-methyl/N-ethyl adjacent to an activating group) is 1. The highest BCUT2D eigenvalue weighted by Crippen LogP contribution is 2.37. The summed E-state index contributed by atoms with van der Waals surface area (Å²) in [7, 11) is 1.92. The smallest absolute Gasteiger partial charge is 0.230 e. The third-order valence-electron chi connectivity index (χ3n) is 3.92. The first-order valence-electron chi connectivity index (χ1n) is 6.37. The van der Waals surface area contributed by atoms with Gasteiger partial charge in [0.2, 0.25) is 5.91 Å². The van der Waals surface area contributed by atoms with Crippen molar-refractivity contribution < 1.29 is 4.79 Å². The van der Waals surface area contributed by atoms with Gasteiger partial charge in [0, 0.05) is 22.8 Å². The molecule has 0 fully saturated rings. The van der Waals surface area contributed by atoms with E-state index in [4.69, 9.17) is 0 Å². The lowest BCUT2D eigenvalue weighted by molar-refractivity contribution is -0.135. The number of nitrogens with zero attached hydrogens (tertiary/aromatic N) is 1. The predicted molar refractivity (Wildman–Crippen MR) is 80.6 cm³/mol. The molecule has 1 unspecified atom stereocenters. The Hall–Kier alpha value is -0.350. The molecule has 1 atom stereocenters. The molecule has 0 bridgehead atoms. The highest BCUT2D eigenvalue weighted by Gasteiger charge is 2.34. The Bertz CT molecular complexity index is 441. The van der Waals surface area contributed by atoms with Crippen LogP contribution in [-0.4, -0.2) is 28.7 Å². The molecular formula is C14H20BrNOS. The Labute approximate surface area is 122 Å². The van der Waals surface area contributed by atoms with Gasteiger partial charge in [-0.2, -0.15) is 0 Å². The van der Waals surface area contributed by atoms with E-state index in [9.17, 15) is 4.79 Å². The maximum absolute atomic E-state index is 12.7. The minimum Gasteiger partial charge on any atom is -0.339 e. The predicted octanol–water partition coefficient (Wildman–Crippen LogP) is 3.80. The van der Waals surface area contributed by atoms with Gasteiger partial charge in [-0.1, -0.05) is 15.9 Å². The third-order valence-corrected chi connectivity index (χ3v) is 6.28. The summed E-state index contributed by atoms with van der Waals surface area (Å²) in [5.41, 5.74) is 1.14. The monoisotopic (exact) mass is 329 g/mol. The van der Waals surface area contributed by atoms with E-state index < -0.39 is 0 Å². The lowest BCUT2D eigenvalue weighted by Crippen LogP contribution is -2.48. The number of alkyl halides is 1. The van der Waals surface area contributed by atoms with E-state index in [-0.39, 0.29) is 17.4 Å². The highest BCUT2D eigenvalue weighted by atomic mass is 79.9. The quantitative estimate of drug-likeness (QED) is 0.772. The molecule has 1 amide bonds. The Morgan fingerprint density at radius 2 is 2.33 bits per heavy atom. The van der Waals surface area contributed by atoms with Crippen molar-refractivity contribution >= 4 is 33.2 Å². The van der Waals surface area contributed by atoms with Crippen LogP contribution in [0.15, 0.2) is 11.4 Å². The second-order valence-corrected chi connectivity index (χ2v) is 7.15. The number of carbonyl (C=O) groups is 1. The average molecular weight is 330 g/mol. The lowest BCUT2D eigenvalue weighted by Gasteiger charge is -2.37. The van der Waals surface area contributed by atoms with Crippen LogP contribution in [0.2, 0.25) is 0 Å². The molecule has 1 aromatic heterocycles. The molecule has 1 aliphatic rings. The molecule has 0 spiro atoms. The summed E-state index contributed by atoms with van der Waals surface area (Å²) < 4.78 is 0. The number of hydrogen-bond acceptors (Lipinski definition) is 2. The van der Waals surface area contributed by atoms with Crippen LogP contribution in [0, 0.1) is 0 Å². The number of halogens is 1. The lowest BCUT2D eigenvalue weighted by atomic mass is 9.86. The maximum atomic E-state index is 12.7. The average Bonchev–Trinajstić information content (AvgIpc) is 2.84. The van der Waals surface area contributed by atoms with Crippen LogP contribution in [0.4, 0.5) is 0 Å². The molecular weight excluding hydrogens is 310 g/mol. The maximum Gasteiger partial charge on any atom is 0.230 e. The van der Waals surface area contributed by atoms with Crippen molar-refractivity contribution in [1.82, 2.24) is 4.90 Å².